The summed E-state index contributed by atoms with van der Waals surface area (Å²) in [5, 5.41) is 7.52. The Balaban J connectivity index is 1.73. The van der Waals surface area contributed by atoms with E-state index in [2.05, 4.69) is 15.2 Å². The lowest BCUT2D eigenvalue weighted by Gasteiger charge is -2.09. The second kappa shape index (κ2) is 6.10. The van der Waals surface area contributed by atoms with Gasteiger partial charge in [-0.3, -0.25) is 4.40 Å². The van der Waals surface area contributed by atoms with Crippen LogP contribution in [0.3, 0.4) is 0 Å². The average molecular weight is 357 g/mol. The fourth-order valence-electron chi connectivity index (χ4n) is 2.68. The standard InChI is InChI=1S/C17H13F2N5O2/c1-9-14(16-22-23-17(20)26-16)24-7-3-6-13(15(24)21-9)25-8-10-11(18)4-2-5-12(10)19/h2-7H,8H2,1H3,(H2,20,23). The van der Waals surface area contributed by atoms with E-state index in [1.807, 2.05) is 0 Å². The Hall–Kier alpha value is -3.49. The van der Waals surface area contributed by atoms with Crippen molar-refractivity contribution in [3.63, 3.8) is 0 Å². The van der Waals surface area contributed by atoms with E-state index in [0.717, 1.165) is 0 Å². The number of halogens is 2. The van der Waals surface area contributed by atoms with E-state index in [1.54, 1.807) is 29.7 Å². The van der Waals surface area contributed by atoms with Gasteiger partial charge in [0.2, 0.25) is 0 Å². The molecular formula is C17H13F2N5O2. The Labute approximate surface area is 146 Å². The first-order valence-electron chi connectivity index (χ1n) is 7.67. The molecule has 1 aromatic carbocycles. The first-order chi connectivity index (χ1) is 12.5. The van der Waals surface area contributed by atoms with Crippen LogP contribution in [0.15, 0.2) is 40.9 Å². The van der Waals surface area contributed by atoms with Gasteiger partial charge < -0.3 is 14.9 Å². The molecule has 0 spiro atoms. The number of aromatic nitrogens is 4. The second-order valence-corrected chi connectivity index (χ2v) is 5.55. The van der Waals surface area contributed by atoms with Gasteiger partial charge in [-0.2, -0.15) is 0 Å². The Morgan fingerprint density at radius 2 is 1.92 bits per heavy atom. The van der Waals surface area contributed by atoms with Crippen LogP contribution >= 0.6 is 0 Å². The normalized spacial score (nSPS) is 11.2. The Bertz CT molecular complexity index is 1090. The van der Waals surface area contributed by atoms with Gasteiger partial charge in [-0.1, -0.05) is 11.2 Å². The zero-order valence-corrected chi connectivity index (χ0v) is 13.6. The third-order valence-corrected chi connectivity index (χ3v) is 3.87. The Kier molecular flexibility index (Phi) is 3.76. The van der Waals surface area contributed by atoms with E-state index in [-0.39, 0.29) is 24.1 Å². The summed E-state index contributed by atoms with van der Waals surface area (Å²) >= 11 is 0. The molecular weight excluding hydrogens is 344 g/mol. The van der Waals surface area contributed by atoms with Crippen molar-refractivity contribution in [3.05, 3.63) is 59.4 Å². The summed E-state index contributed by atoms with van der Waals surface area (Å²) in [6, 6.07) is 6.98. The summed E-state index contributed by atoms with van der Waals surface area (Å²) in [5.74, 6) is -0.765. The number of nitrogens with zero attached hydrogens (tertiary/aromatic N) is 4. The van der Waals surface area contributed by atoms with Crippen molar-refractivity contribution in [1.29, 1.82) is 0 Å². The molecule has 3 heterocycles. The number of rotatable bonds is 4. The van der Waals surface area contributed by atoms with Crippen molar-refractivity contribution in [2.75, 3.05) is 5.73 Å². The molecule has 4 rings (SSSR count). The molecule has 0 aliphatic carbocycles. The molecule has 2 N–H and O–H groups in total. The van der Waals surface area contributed by atoms with Gasteiger partial charge in [-0.25, -0.2) is 13.8 Å². The van der Waals surface area contributed by atoms with Crippen LogP contribution < -0.4 is 10.5 Å². The minimum Gasteiger partial charge on any atom is -0.485 e. The highest BCUT2D eigenvalue weighted by Gasteiger charge is 2.19. The maximum atomic E-state index is 13.8. The maximum absolute atomic E-state index is 13.8. The van der Waals surface area contributed by atoms with Crippen LogP contribution in [0.4, 0.5) is 14.8 Å². The van der Waals surface area contributed by atoms with Gasteiger partial charge in [0.1, 0.15) is 23.9 Å². The van der Waals surface area contributed by atoms with Crippen molar-refractivity contribution in [2.45, 2.75) is 13.5 Å². The molecule has 0 atom stereocenters. The molecule has 0 unspecified atom stereocenters. The number of benzene rings is 1. The molecule has 132 valence electrons. The van der Waals surface area contributed by atoms with Gasteiger partial charge in [0, 0.05) is 6.20 Å². The number of pyridine rings is 1. The molecule has 0 fully saturated rings. The average Bonchev–Trinajstić information content (AvgIpc) is 3.17. The topological polar surface area (TPSA) is 91.5 Å². The summed E-state index contributed by atoms with van der Waals surface area (Å²) in [5.41, 5.74) is 6.96. The van der Waals surface area contributed by atoms with Crippen LogP contribution in [0.1, 0.15) is 11.3 Å². The summed E-state index contributed by atoms with van der Waals surface area (Å²) in [4.78, 5) is 4.44. The van der Waals surface area contributed by atoms with Gasteiger partial charge in [0.05, 0.1) is 11.3 Å². The van der Waals surface area contributed by atoms with Crippen molar-refractivity contribution >= 4 is 11.7 Å². The highest BCUT2D eigenvalue weighted by atomic mass is 19.1. The number of hydrogen-bond donors (Lipinski definition) is 1. The van der Waals surface area contributed by atoms with Crippen molar-refractivity contribution in [1.82, 2.24) is 19.6 Å². The lowest BCUT2D eigenvalue weighted by molar-refractivity contribution is 0.294. The Morgan fingerprint density at radius 1 is 1.15 bits per heavy atom. The first-order valence-corrected chi connectivity index (χ1v) is 7.67. The van der Waals surface area contributed by atoms with Gasteiger partial charge >= 0.3 is 6.01 Å². The van der Waals surface area contributed by atoms with Gasteiger partial charge in [0.15, 0.2) is 11.4 Å². The largest absolute Gasteiger partial charge is 0.485 e. The highest BCUT2D eigenvalue weighted by Crippen LogP contribution is 2.29. The molecule has 0 radical (unpaired) electrons. The van der Waals surface area contributed by atoms with Crippen LogP contribution in [0, 0.1) is 18.6 Å². The van der Waals surface area contributed by atoms with E-state index in [0.29, 0.717) is 22.8 Å². The van der Waals surface area contributed by atoms with E-state index in [1.165, 1.54) is 18.2 Å². The lowest BCUT2D eigenvalue weighted by Crippen LogP contribution is -2.03. The third kappa shape index (κ3) is 2.63. The number of ether oxygens (including phenoxy) is 1. The predicted molar refractivity (Wildman–Crippen MR) is 88.3 cm³/mol. The molecule has 9 heteroatoms. The summed E-state index contributed by atoms with van der Waals surface area (Å²) in [6.45, 7) is 1.50. The second-order valence-electron chi connectivity index (χ2n) is 5.55. The number of aryl methyl sites for hydroxylation is 1. The minimum absolute atomic E-state index is 0.0585. The molecule has 3 aromatic heterocycles. The maximum Gasteiger partial charge on any atom is 0.313 e. The molecule has 7 nitrogen and oxygen atoms in total. The first kappa shape index (κ1) is 16.0. The van der Waals surface area contributed by atoms with E-state index in [4.69, 9.17) is 14.9 Å². The number of fused-ring (bicyclic) bond motifs is 1. The quantitative estimate of drug-likeness (QED) is 0.603. The molecule has 0 bridgehead atoms. The molecule has 4 aromatic rings. The van der Waals surface area contributed by atoms with Crippen LogP contribution in [-0.4, -0.2) is 19.6 Å². The van der Waals surface area contributed by atoms with E-state index in [9.17, 15) is 8.78 Å². The monoisotopic (exact) mass is 357 g/mol. The van der Waals surface area contributed by atoms with Crippen LogP contribution in [-0.2, 0) is 6.61 Å². The Morgan fingerprint density at radius 3 is 2.62 bits per heavy atom. The summed E-state index contributed by atoms with van der Waals surface area (Å²) < 4.78 is 40.1. The predicted octanol–water partition coefficient (Wildman–Crippen LogP) is 3.13. The molecule has 0 saturated heterocycles. The van der Waals surface area contributed by atoms with Gasteiger partial charge in [-0.05, 0) is 31.2 Å². The number of anilines is 1. The number of hydrogen-bond acceptors (Lipinski definition) is 6. The zero-order chi connectivity index (χ0) is 18.3. The van der Waals surface area contributed by atoms with Crippen molar-refractivity contribution < 1.29 is 17.9 Å². The molecule has 26 heavy (non-hydrogen) atoms. The lowest BCUT2D eigenvalue weighted by atomic mass is 10.2. The number of nitrogens with two attached hydrogens (primary N) is 1. The summed E-state index contributed by atoms with van der Waals surface area (Å²) in [7, 11) is 0. The number of imidazole rings is 1. The molecule has 0 aliphatic heterocycles. The van der Waals surface area contributed by atoms with Gasteiger partial charge in [-0.15, -0.1) is 5.10 Å². The van der Waals surface area contributed by atoms with Gasteiger partial charge in [0.25, 0.3) is 5.89 Å². The zero-order valence-electron chi connectivity index (χ0n) is 13.6. The third-order valence-electron chi connectivity index (χ3n) is 3.87. The fourth-order valence-corrected chi connectivity index (χ4v) is 2.68. The molecule has 0 saturated carbocycles. The summed E-state index contributed by atoms with van der Waals surface area (Å²) in [6.07, 6.45) is 1.74. The smallest absolute Gasteiger partial charge is 0.313 e. The van der Waals surface area contributed by atoms with Crippen molar-refractivity contribution in [3.8, 4) is 17.3 Å². The van der Waals surface area contributed by atoms with Crippen LogP contribution in [0.25, 0.3) is 17.2 Å². The van der Waals surface area contributed by atoms with E-state index < -0.39 is 11.6 Å². The minimum atomic E-state index is -0.668. The highest BCUT2D eigenvalue weighted by molar-refractivity contribution is 5.65. The fraction of sp³-hybridized carbons (Fsp3) is 0.118. The molecule has 0 amide bonds. The SMILES string of the molecule is Cc1nc2c(OCc3c(F)cccc3F)cccn2c1-c1nnc(N)o1. The van der Waals surface area contributed by atoms with Crippen molar-refractivity contribution in [2.24, 2.45) is 0 Å². The van der Waals surface area contributed by atoms with Crippen LogP contribution in [0.5, 0.6) is 5.75 Å². The number of nitrogen functional groups attached to an aromatic ring is 1. The molecule has 0 aliphatic rings. The van der Waals surface area contributed by atoms with E-state index >= 15 is 0 Å². The van der Waals surface area contributed by atoms with Crippen LogP contribution in [0.2, 0.25) is 0 Å².